The summed E-state index contributed by atoms with van der Waals surface area (Å²) in [5, 5.41) is 18.9. The molecule has 2 rings (SSSR count). The average molecular weight is 260 g/mol. The minimum atomic E-state index is -1.02. The Balaban J connectivity index is 2.09. The number of carbonyl (C=O) groups is 2. The highest BCUT2D eigenvalue weighted by molar-refractivity contribution is 5.94. The van der Waals surface area contributed by atoms with E-state index in [1.165, 1.54) is 16.9 Å². The molecule has 1 aromatic carbocycles. The van der Waals surface area contributed by atoms with Crippen LogP contribution < -0.4 is 5.32 Å². The fourth-order valence-corrected chi connectivity index (χ4v) is 1.59. The number of hydrogen-bond donors (Lipinski definition) is 2. The topological polar surface area (TPSA) is 97.1 Å². The van der Waals surface area contributed by atoms with Gasteiger partial charge in [-0.25, -0.2) is 9.48 Å². The third-order valence-electron chi connectivity index (χ3n) is 2.53. The molecule has 0 fully saturated rings. The zero-order valence-electron chi connectivity index (χ0n) is 10.2. The van der Waals surface area contributed by atoms with Gasteiger partial charge in [-0.2, -0.15) is 0 Å². The van der Waals surface area contributed by atoms with Crippen molar-refractivity contribution < 1.29 is 14.7 Å². The standard InChI is InChI=1S/C12H12N4O3/c1-8-2-3-9(6-10(8)12(18)19)14-11(17)7-16-5-4-13-15-16/h2-6H,7H2,1H3,(H,14,17)(H,18,19). The molecule has 0 saturated carbocycles. The van der Waals surface area contributed by atoms with Crippen LogP contribution in [0.1, 0.15) is 15.9 Å². The molecule has 0 saturated heterocycles. The SMILES string of the molecule is Cc1ccc(NC(=O)Cn2ccnn2)cc1C(=O)O. The van der Waals surface area contributed by atoms with Crippen LogP contribution in [0.2, 0.25) is 0 Å². The predicted molar refractivity (Wildman–Crippen MR) is 66.8 cm³/mol. The molecule has 7 nitrogen and oxygen atoms in total. The third-order valence-corrected chi connectivity index (χ3v) is 2.53. The van der Waals surface area contributed by atoms with Gasteiger partial charge >= 0.3 is 5.97 Å². The molecule has 0 unspecified atom stereocenters. The van der Waals surface area contributed by atoms with Crippen LogP contribution in [-0.2, 0) is 11.3 Å². The minimum Gasteiger partial charge on any atom is -0.478 e. The first-order valence-corrected chi connectivity index (χ1v) is 5.54. The Morgan fingerprint density at radius 1 is 1.42 bits per heavy atom. The van der Waals surface area contributed by atoms with Crippen molar-refractivity contribution in [2.24, 2.45) is 0 Å². The maximum Gasteiger partial charge on any atom is 0.336 e. The molecule has 7 heteroatoms. The Labute approximate surface area is 108 Å². The number of nitrogens with one attached hydrogen (secondary N) is 1. The van der Waals surface area contributed by atoms with E-state index in [2.05, 4.69) is 15.6 Å². The molecule has 0 aliphatic heterocycles. The molecule has 98 valence electrons. The smallest absolute Gasteiger partial charge is 0.336 e. The van der Waals surface area contributed by atoms with Gasteiger partial charge in [0.2, 0.25) is 5.91 Å². The molecular formula is C12H12N4O3. The van der Waals surface area contributed by atoms with Gasteiger partial charge in [-0.15, -0.1) is 5.10 Å². The van der Waals surface area contributed by atoms with Gasteiger partial charge < -0.3 is 10.4 Å². The van der Waals surface area contributed by atoms with E-state index in [4.69, 9.17) is 5.11 Å². The van der Waals surface area contributed by atoms with Crippen molar-refractivity contribution in [1.29, 1.82) is 0 Å². The third kappa shape index (κ3) is 3.15. The molecule has 0 bridgehead atoms. The number of aryl methyl sites for hydroxylation is 1. The van der Waals surface area contributed by atoms with Gasteiger partial charge in [-0.05, 0) is 24.6 Å². The summed E-state index contributed by atoms with van der Waals surface area (Å²) in [5.74, 6) is -1.32. The number of nitrogens with zero attached hydrogens (tertiary/aromatic N) is 3. The number of hydrogen-bond acceptors (Lipinski definition) is 4. The first kappa shape index (κ1) is 12.7. The average Bonchev–Trinajstić information content (AvgIpc) is 2.84. The van der Waals surface area contributed by atoms with E-state index >= 15 is 0 Å². The predicted octanol–water partition coefficient (Wildman–Crippen LogP) is 0.923. The van der Waals surface area contributed by atoms with Crippen LogP contribution in [-0.4, -0.2) is 32.0 Å². The summed E-state index contributed by atoms with van der Waals surface area (Å²) in [6.45, 7) is 1.72. The number of aromatic nitrogens is 3. The summed E-state index contributed by atoms with van der Waals surface area (Å²) in [6, 6.07) is 4.73. The van der Waals surface area contributed by atoms with Gasteiger partial charge in [0.15, 0.2) is 0 Å². The van der Waals surface area contributed by atoms with E-state index in [-0.39, 0.29) is 18.0 Å². The maximum atomic E-state index is 11.7. The second-order valence-corrected chi connectivity index (χ2v) is 3.98. The monoisotopic (exact) mass is 260 g/mol. The molecule has 1 aromatic heterocycles. The van der Waals surface area contributed by atoms with Crippen LogP contribution in [0, 0.1) is 6.92 Å². The summed E-state index contributed by atoms with van der Waals surface area (Å²) in [4.78, 5) is 22.7. The minimum absolute atomic E-state index is 0.0241. The zero-order valence-corrected chi connectivity index (χ0v) is 10.2. The fourth-order valence-electron chi connectivity index (χ4n) is 1.59. The zero-order chi connectivity index (χ0) is 13.8. The van der Waals surface area contributed by atoms with E-state index in [9.17, 15) is 9.59 Å². The number of rotatable bonds is 4. The van der Waals surface area contributed by atoms with Gasteiger partial charge in [-0.1, -0.05) is 11.3 Å². The van der Waals surface area contributed by atoms with Crippen LogP contribution in [0.4, 0.5) is 5.69 Å². The molecule has 1 heterocycles. The Hall–Kier alpha value is -2.70. The van der Waals surface area contributed by atoms with Crippen molar-refractivity contribution in [3.8, 4) is 0 Å². The number of carboxylic acid groups (broad SMARTS) is 1. The summed E-state index contributed by atoms with van der Waals surface area (Å²) in [7, 11) is 0. The number of anilines is 1. The van der Waals surface area contributed by atoms with Crippen molar-refractivity contribution in [3.63, 3.8) is 0 Å². The van der Waals surface area contributed by atoms with Gasteiger partial charge in [0.1, 0.15) is 6.54 Å². The Morgan fingerprint density at radius 2 is 2.21 bits per heavy atom. The largest absolute Gasteiger partial charge is 0.478 e. The molecule has 0 radical (unpaired) electrons. The van der Waals surface area contributed by atoms with E-state index < -0.39 is 5.97 Å². The fraction of sp³-hybridized carbons (Fsp3) is 0.167. The summed E-state index contributed by atoms with van der Waals surface area (Å²) >= 11 is 0. The van der Waals surface area contributed by atoms with Crippen LogP contribution in [0.15, 0.2) is 30.6 Å². The summed E-state index contributed by atoms with van der Waals surface area (Å²) in [5.41, 5.74) is 1.24. The lowest BCUT2D eigenvalue weighted by molar-refractivity contribution is -0.116. The van der Waals surface area contributed by atoms with Gasteiger partial charge in [0.05, 0.1) is 11.8 Å². The van der Waals surface area contributed by atoms with Crippen molar-refractivity contribution >= 4 is 17.6 Å². The van der Waals surface area contributed by atoms with Crippen LogP contribution in [0.3, 0.4) is 0 Å². The Morgan fingerprint density at radius 3 is 2.84 bits per heavy atom. The van der Waals surface area contributed by atoms with Crippen molar-refractivity contribution in [2.75, 3.05) is 5.32 Å². The van der Waals surface area contributed by atoms with Crippen LogP contribution in [0.25, 0.3) is 0 Å². The summed E-state index contributed by atoms with van der Waals surface area (Å²) < 4.78 is 1.38. The molecule has 19 heavy (non-hydrogen) atoms. The molecule has 2 N–H and O–H groups in total. The molecule has 2 aromatic rings. The second-order valence-electron chi connectivity index (χ2n) is 3.98. The molecule has 0 atom stereocenters. The maximum absolute atomic E-state index is 11.7. The van der Waals surface area contributed by atoms with Crippen molar-refractivity contribution in [1.82, 2.24) is 15.0 Å². The van der Waals surface area contributed by atoms with Gasteiger partial charge in [0, 0.05) is 11.9 Å². The number of carbonyl (C=O) groups excluding carboxylic acids is 1. The first-order valence-electron chi connectivity index (χ1n) is 5.54. The molecule has 0 aliphatic rings. The van der Waals surface area contributed by atoms with E-state index in [1.54, 1.807) is 25.3 Å². The number of benzene rings is 1. The molecule has 0 aliphatic carbocycles. The number of carboxylic acids is 1. The molecule has 1 amide bonds. The highest BCUT2D eigenvalue weighted by atomic mass is 16.4. The van der Waals surface area contributed by atoms with Crippen molar-refractivity contribution in [3.05, 3.63) is 41.7 Å². The van der Waals surface area contributed by atoms with Gasteiger partial charge in [0.25, 0.3) is 0 Å². The van der Waals surface area contributed by atoms with E-state index in [0.29, 0.717) is 11.3 Å². The Kier molecular flexibility index (Phi) is 3.56. The normalized spacial score (nSPS) is 10.2. The van der Waals surface area contributed by atoms with Gasteiger partial charge in [-0.3, -0.25) is 4.79 Å². The lowest BCUT2D eigenvalue weighted by atomic mass is 10.1. The molecular weight excluding hydrogens is 248 g/mol. The highest BCUT2D eigenvalue weighted by Gasteiger charge is 2.10. The molecule has 0 spiro atoms. The van der Waals surface area contributed by atoms with E-state index in [1.807, 2.05) is 0 Å². The number of aromatic carboxylic acids is 1. The number of amides is 1. The lowest BCUT2D eigenvalue weighted by Gasteiger charge is -2.07. The van der Waals surface area contributed by atoms with E-state index in [0.717, 1.165) is 0 Å². The van der Waals surface area contributed by atoms with Crippen LogP contribution in [0.5, 0.6) is 0 Å². The van der Waals surface area contributed by atoms with Crippen molar-refractivity contribution in [2.45, 2.75) is 13.5 Å². The highest BCUT2D eigenvalue weighted by Crippen LogP contribution is 2.15. The quantitative estimate of drug-likeness (QED) is 0.852. The van der Waals surface area contributed by atoms with Crippen LogP contribution >= 0.6 is 0 Å². The first-order chi connectivity index (χ1) is 9.06. The Bertz CT molecular complexity index is 607. The summed E-state index contributed by atoms with van der Waals surface area (Å²) in [6.07, 6.45) is 3.04. The lowest BCUT2D eigenvalue weighted by Crippen LogP contribution is -2.19. The second kappa shape index (κ2) is 5.30.